The monoisotopic (exact) mass is 529 g/mol. The number of fused-ring (bicyclic) bond motifs is 1. The van der Waals surface area contributed by atoms with E-state index in [-0.39, 0.29) is 23.3 Å². The number of halogens is 3. The van der Waals surface area contributed by atoms with Crippen LogP contribution in [0.15, 0.2) is 73.1 Å². The lowest BCUT2D eigenvalue weighted by Crippen LogP contribution is -3.16. The van der Waals surface area contributed by atoms with Crippen LogP contribution in [-0.4, -0.2) is 50.9 Å². The molecule has 0 saturated heterocycles. The van der Waals surface area contributed by atoms with Crippen molar-refractivity contribution in [3.8, 4) is 5.82 Å². The second-order valence-corrected chi connectivity index (χ2v) is 8.32. The van der Waals surface area contributed by atoms with E-state index in [0.29, 0.717) is 10.9 Å². The van der Waals surface area contributed by atoms with Crippen LogP contribution < -0.4 is 10.5 Å². The Kier molecular flexibility index (Phi) is 7.83. The molecule has 2 aromatic heterocycles. The Bertz CT molecular complexity index is 1440. The van der Waals surface area contributed by atoms with Crippen molar-refractivity contribution < 1.29 is 37.8 Å². The molecule has 0 aliphatic carbocycles. The zero-order valence-corrected chi connectivity index (χ0v) is 19.8. The van der Waals surface area contributed by atoms with E-state index in [1.807, 2.05) is 5.48 Å². The first-order valence-electron chi connectivity index (χ1n) is 11.3. The molecule has 4 rings (SSSR count). The van der Waals surface area contributed by atoms with Crippen molar-refractivity contribution in [2.45, 2.75) is 24.7 Å². The topological polar surface area (TPSA) is 134 Å². The van der Waals surface area contributed by atoms with Gasteiger partial charge in [0.05, 0.1) is 18.2 Å². The molecule has 4 aromatic rings. The number of aromatic nitrogens is 3. The summed E-state index contributed by atoms with van der Waals surface area (Å²) in [6.45, 7) is 0. The normalized spacial score (nSPS) is 14.2. The fourth-order valence-electron chi connectivity index (χ4n) is 3.92. The maximum Gasteiger partial charge on any atom is 0.416 e. The van der Waals surface area contributed by atoms with Crippen molar-refractivity contribution in [3.05, 3.63) is 95.0 Å². The zero-order valence-electron chi connectivity index (χ0n) is 19.8. The Hall–Kier alpha value is -4.17. The van der Waals surface area contributed by atoms with Crippen LogP contribution in [-0.2, 0) is 22.2 Å². The molecule has 2 aromatic carbocycles. The highest BCUT2D eigenvalue weighted by Crippen LogP contribution is 2.31. The largest absolute Gasteiger partial charge is 0.626 e. The van der Waals surface area contributed by atoms with Crippen molar-refractivity contribution in [3.63, 3.8) is 0 Å². The van der Waals surface area contributed by atoms with Crippen LogP contribution in [0, 0.1) is 5.21 Å². The number of aliphatic hydroxyl groups is 1. The fraction of sp³-hybridized carbons (Fsp3) is 0.200. The molecule has 2 amide bonds. The second kappa shape index (κ2) is 11.1. The van der Waals surface area contributed by atoms with Crippen LogP contribution in [0.5, 0.6) is 0 Å². The number of pyridine rings is 1. The quantitative estimate of drug-likeness (QED) is 0.295. The van der Waals surface area contributed by atoms with Gasteiger partial charge < -0.3 is 10.3 Å². The highest BCUT2D eigenvalue weighted by Gasteiger charge is 2.37. The average molecular weight is 529 g/mol. The highest BCUT2D eigenvalue weighted by molar-refractivity contribution is 5.91. The van der Waals surface area contributed by atoms with Gasteiger partial charge in [0.15, 0.2) is 11.9 Å². The van der Waals surface area contributed by atoms with E-state index in [9.17, 15) is 33.1 Å². The standard InChI is InChI=1S/C25H22F3N5O5/c1-38-31-23(35)21(34)20(12-15-6-3-2-4-7-15)33(37)24(36)18-8-5-11-29-22(18)32-14-16-9-10-17(25(26,27)28)13-19(16)30-32/h2-11,13-14,20-21,33-34H,12H2,1H3,(H,31,35). The predicted molar refractivity (Wildman–Crippen MR) is 128 cm³/mol. The Morgan fingerprint density at radius 2 is 1.89 bits per heavy atom. The van der Waals surface area contributed by atoms with E-state index in [2.05, 4.69) is 14.9 Å². The summed E-state index contributed by atoms with van der Waals surface area (Å²) in [5.74, 6) is -2.18. The Balaban J connectivity index is 1.70. The van der Waals surface area contributed by atoms with Gasteiger partial charge in [0.25, 0.3) is 5.91 Å². The van der Waals surface area contributed by atoms with Gasteiger partial charge in [-0.1, -0.05) is 36.4 Å². The third-order valence-electron chi connectivity index (χ3n) is 5.79. The molecule has 38 heavy (non-hydrogen) atoms. The van der Waals surface area contributed by atoms with Crippen LogP contribution >= 0.6 is 0 Å². The number of hydrogen-bond donors (Lipinski definition) is 3. The van der Waals surface area contributed by atoms with E-state index in [1.165, 1.54) is 30.6 Å². The zero-order chi connectivity index (χ0) is 27.4. The summed E-state index contributed by atoms with van der Waals surface area (Å²) in [5, 5.41) is 27.4. The summed E-state index contributed by atoms with van der Waals surface area (Å²) >= 11 is 0. The lowest BCUT2D eigenvalue weighted by Gasteiger charge is -2.32. The molecule has 0 spiro atoms. The van der Waals surface area contributed by atoms with E-state index >= 15 is 0 Å². The smallest absolute Gasteiger partial charge is 0.416 e. The molecular formula is C25H22F3N5O5. The van der Waals surface area contributed by atoms with Gasteiger partial charge in [0.2, 0.25) is 0 Å². The van der Waals surface area contributed by atoms with Gasteiger partial charge in [-0.2, -0.15) is 18.3 Å². The number of alkyl halides is 3. The van der Waals surface area contributed by atoms with Gasteiger partial charge in [0, 0.05) is 24.2 Å². The number of rotatable bonds is 8. The van der Waals surface area contributed by atoms with Gasteiger partial charge in [-0.05, 0) is 29.8 Å². The molecular weight excluding hydrogens is 507 g/mol. The molecule has 0 saturated carbocycles. The number of carbonyl (C=O) groups excluding carboxylic acids is 2. The Morgan fingerprint density at radius 1 is 1.16 bits per heavy atom. The minimum absolute atomic E-state index is 0.00353. The van der Waals surface area contributed by atoms with Crippen molar-refractivity contribution in [1.82, 2.24) is 20.2 Å². The number of carbonyl (C=O) groups is 2. The van der Waals surface area contributed by atoms with Crippen LogP contribution in [0.2, 0.25) is 0 Å². The maximum atomic E-state index is 13.4. The molecule has 0 aliphatic rings. The number of hydroxylamine groups is 3. The lowest BCUT2D eigenvalue weighted by atomic mass is 10.00. The summed E-state index contributed by atoms with van der Waals surface area (Å²) in [7, 11) is 1.15. The van der Waals surface area contributed by atoms with Crippen LogP contribution in [0.1, 0.15) is 21.5 Å². The maximum absolute atomic E-state index is 13.4. The molecule has 0 radical (unpaired) electrons. The van der Waals surface area contributed by atoms with Crippen molar-refractivity contribution in [2.75, 3.05) is 7.11 Å². The molecule has 198 valence electrons. The molecule has 0 fully saturated rings. The van der Waals surface area contributed by atoms with Crippen LogP contribution in [0.25, 0.3) is 16.7 Å². The van der Waals surface area contributed by atoms with Crippen molar-refractivity contribution in [1.29, 1.82) is 0 Å². The number of nitrogens with one attached hydrogen (secondary N) is 2. The minimum Gasteiger partial charge on any atom is -0.626 e. The lowest BCUT2D eigenvalue weighted by molar-refractivity contribution is -0.792. The SMILES string of the molecule is CONC(=O)C(O)C(Cc1ccccc1)[NH+]([O-])C(=O)c1cccnc1-n1cc2ccc(C(F)(F)F)cc2n1. The molecule has 3 atom stereocenters. The number of benzene rings is 2. The van der Waals surface area contributed by atoms with Gasteiger partial charge in [-0.3, -0.25) is 14.7 Å². The Morgan fingerprint density at radius 3 is 2.58 bits per heavy atom. The first kappa shape index (κ1) is 26.9. The molecule has 0 aliphatic heterocycles. The number of nitrogens with zero attached hydrogens (tertiary/aromatic N) is 3. The summed E-state index contributed by atoms with van der Waals surface area (Å²) in [6.07, 6.45) is -3.92. The number of quaternary nitrogens is 1. The number of amides is 2. The van der Waals surface area contributed by atoms with Gasteiger partial charge in [-0.15, -0.1) is 0 Å². The molecule has 10 nitrogen and oxygen atoms in total. The first-order valence-corrected chi connectivity index (χ1v) is 11.3. The fourth-order valence-corrected chi connectivity index (χ4v) is 3.92. The van der Waals surface area contributed by atoms with Gasteiger partial charge in [-0.25, -0.2) is 19.9 Å². The van der Waals surface area contributed by atoms with Crippen molar-refractivity contribution >= 4 is 22.7 Å². The van der Waals surface area contributed by atoms with Gasteiger partial charge >= 0.3 is 12.1 Å². The molecule has 0 bridgehead atoms. The van der Waals surface area contributed by atoms with Crippen LogP contribution in [0.4, 0.5) is 13.2 Å². The third kappa shape index (κ3) is 5.70. The van der Waals surface area contributed by atoms with E-state index in [1.54, 1.807) is 30.3 Å². The van der Waals surface area contributed by atoms with E-state index in [4.69, 9.17) is 0 Å². The summed E-state index contributed by atoms with van der Waals surface area (Å²) < 4.78 is 40.5. The number of hydrogen-bond acceptors (Lipinski definition) is 7. The van der Waals surface area contributed by atoms with Crippen molar-refractivity contribution in [2.24, 2.45) is 0 Å². The minimum atomic E-state index is -4.57. The molecule has 13 heteroatoms. The summed E-state index contributed by atoms with van der Waals surface area (Å²) in [5.41, 5.74) is 1.44. The van der Waals surface area contributed by atoms with E-state index < -0.39 is 40.8 Å². The summed E-state index contributed by atoms with van der Waals surface area (Å²) in [6, 6.07) is 12.7. The van der Waals surface area contributed by atoms with Crippen LogP contribution in [0.3, 0.4) is 0 Å². The Labute approximate surface area is 213 Å². The predicted octanol–water partition coefficient (Wildman–Crippen LogP) is 1.61. The summed E-state index contributed by atoms with van der Waals surface area (Å²) in [4.78, 5) is 34.3. The third-order valence-corrected chi connectivity index (χ3v) is 5.79. The second-order valence-electron chi connectivity index (χ2n) is 8.32. The average Bonchev–Trinajstić information content (AvgIpc) is 3.34. The molecule has 3 unspecified atom stereocenters. The van der Waals surface area contributed by atoms with Gasteiger partial charge in [0.1, 0.15) is 11.6 Å². The van der Waals surface area contributed by atoms with E-state index in [0.717, 1.165) is 23.9 Å². The molecule has 3 N–H and O–H groups in total. The molecule has 2 heterocycles. The highest BCUT2D eigenvalue weighted by atomic mass is 19.4. The first-order chi connectivity index (χ1) is 18.1. The number of aliphatic hydroxyl groups excluding tert-OH is 1.